The van der Waals surface area contributed by atoms with Gasteiger partial charge in [-0.1, -0.05) is 62.7 Å². The van der Waals surface area contributed by atoms with Crippen LogP contribution in [0.4, 0.5) is 5.69 Å². The van der Waals surface area contributed by atoms with Gasteiger partial charge in [-0.25, -0.2) is 0 Å². The van der Waals surface area contributed by atoms with Crippen molar-refractivity contribution >= 4 is 35.1 Å². The number of ether oxygens (including phenoxy) is 2. The number of rotatable bonds is 5. The molecule has 192 valence electrons. The highest BCUT2D eigenvalue weighted by molar-refractivity contribution is 6.34. The van der Waals surface area contributed by atoms with Crippen LogP contribution in [-0.2, 0) is 23.9 Å². The highest BCUT2D eigenvalue weighted by Gasteiger charge is 2.76. The first-order chi connectivity index (χ1) is 17.2. The Labute approximate surface area is 215 Å². The molecule has 2 saturated heterocycles. The number of hydrogen-bond acceptors (Lipinski definition) is 6. The van der Waals surface area contributed by atoms with Crippen molar-refractivity contribution in [1.82, 2.24) is 4.90 Å². The van der Waals surface area contributed by atoms with Crippen LogP contribution in [0.3, 0.4) is 0 Å². The fourth-order valence-corrected chi connectivity index (χ4v) is 6.64. The van der Waals surface area contributed by atoms with Gasteiger partial charge in [-0.3, -0.25) is 14.4 Å². The molecule has 1 unspecified atom stereocenters. The summed E-state index contributed by atoms with van der Waals surface area (Å²) in [6.45, 7) is 5.65. The molecule has 0 radical (unpaired) electrons. The molecular formula is C27H31ClN2O6. The lowest BCUT2D eigenvalue weighted by atomic mass is 9.73. The van der Waals surface area contributed by atoms with Crippen molar-refractivity contribution < 1.29 is 29.0 Å². The third-order valence-electron chi connectivity index (χ3n) is 8.09. The molecule has 4 aliphatic rings. The lowest BCUT2D eigenvalue weighted by molar-refractivity contribution is -0.159. The van der Waals surface area contributed by atoms with Gasteiger partial charge in [0.2, 0.25) is 5.91 Å². The number of esters is 1. The maximum absolute atomic E-state index is 14.4. The zero-order valence-corrected chi connectivity index (χ0v) is 21.4. The van der Waals surface area contributed by atoms with E-state index in [0.717, 1.165) is 0 Å². The van der Waals surface area contributed by atoms with E-state index in [1.54, 1.807) is 47.4 Å². The van der Waals surface area contributed by atoms with Crippen molar-refractivity contribution in [3.8, 4) is 0 Å². The van der Waals surface area contributed by atoms with E-state index in [1.807, 2.05) is 26.8 Å². The molecule has 8 nitrogen and oxygen atoms in total. The first kappa shape index (κ1) is 25.0. The Morgan fingerprint density at radius 1 is 1.11 bits per heavy atom. The molecule has 2 fully saturated rings. The summed E-state index contributed by atoms with van der Waals surface area (Å²) >= 11 is 6.48. The Hall–Kier alpha value is -2.68. The van der Waals surface area contributed by atoms with Gasteiger partial charge in [-0.15, -0.1) is 0 Å². The number of amides is 2. The van der Waals surface area contributed by atoms with Crippen LogP contribution in [0.5, 0.6) is 0 Å². The molecule has 1 aromatic carbocycles. The molecule has 0 aliphatic carbocycles. The number of cyclic esters (lactones) is 1. The highest BCUT2D eigenvalue weighted by Crippen LogP contribution is 2.59. The number of aliphatic hydroxyl groups is 1. The van der Waals surface area contributed by atoms with Crippen LogP contribution in [0, 0.1) is 17.8 Å². The zero-order valence-electron chi connectivity index (χ0n) is 20.6. The summed E-state index contributed by atoms with van der Waals surface area (Å²) in [5.41, 5.74) is -1.98. The summed E-state index contributed by atoms with van der Waals surface area (Å²) in [6, 6.07) is 5.29. The quantitative estimate of drug-likeness (QED) is 0.479. The van der Waals surface area contributed by atoms with Crippen LogP contribution in [0.2, 0.25) is 5.02 Å². The molecular weight excluding hydrogens is 484 g/mol. The average molecular weight is 515 g/mol. The Morgan fingerprint density at radius 2 is 1.86 bits per heavy atom. The van der Waals surface area contributed by atoms with Gasteiger partial charge in [0.1, 0.15) is 29.8 Å². The number of aliphatic hydroxyl groups excluding tert-OH is 1. The highest BCUT2D eigenvalue weighted by atomic mass is 35.5. The smallest absolute Gasteiger partial charge is 0.313 e. The van der Waals surface area contributed by atoms with Crippen LogP contribution in [-0.4, -0.2) is 70.8 Å². The number of fused-ring (bicyclic) bond motifs is 2. The van der Waals surface area contributed by atoms with Gasteiger partial charge >= 0.3 is 5.97 Å². The van der Waals surface area contributed by atoms with Gasteiger partial charge in [0.15, 0.2) is 0 Å². The SMILES string of the molecule is CC[C@]12C=CCOC(=O)[C@H]1[C@H]1C(=O)N([C@@H](CO)C(C)C)C3C(=O)N(c4ccccc4Cl)CC=C[C@@]31O2. The molecule has 4 heterocycles. The lowest BCUT2D eigenvalue weighted by Gasteiger charge is -2.41. The van der Waals surface area contributed by atoms with Crippen LogP contribution in [0.15, 0.2) is 48.6 Å². The topological polar surface area (TPSA) is 96.4 Å². The monoisotopic (exact) mass is 514 g/mol. The van der Waals surface area contributed by atoms with E-state index in [2.05, 4.69) is 0 Å². The van der Waals surface area contributed by atoms with E-state index in [4.69, 9.17) is 21.1 Å². The largest absolute Gasteiger partial charge is 0.461 e. The van der Waals surface area contributed by atoms with Gasteiger partial charge in [-0.2, -0.15) is 0 Å². The Morgan fingerprint density at radius 3 is 2.53 bits per heavy atom. The number of carbonyl (C=O) groups excluding carboxylic acids is 3. The van der Waals surface area contributed by atoms with Crippen molar-refractivity contribution in [2.45, 2.75) is 50.5 Å². The van der Waals surface area contributed by atoms with Gasteiger partial charge in [0, 0.05) is 6.54 Å². The molecule has 2 amide bonds. The Bertz CT molecular complexity index is 1150. The van der Waals surface area contributed by atoms with Crippen LogP contribution in [0.1, 0.15) is 27.2 Å². The molecule has 4 aliphatic heterocycles. The van der Waals surface area contributed by atoms with Crippen molar-refractivity contribution in [1.29, 1.82) is 0 Å². The average Bonchev–Trinajstić information content (AvgIpc) is 3.12. The molecule has 36 heavy (non-hydrogen) atoms. The third-order valence-corrected chi connectivity index (χ3v) is 8.41. The second-order valence-corrected chi connectivity index (χ2v) is 10.6. The summed E-state index contributed by atoms with van der Waals surface area (Å²) in [6.07, 6.45) is 7.55. The minimum absolute atomic E-state index is 0.0990. The Balaban J connectivity index is 1.72. The van der Waals surface area contributed by atoms with E-state index in [1.165, 1.54) is 4.90 Å². The lowest BCUT2D eigenvalue weighted by Crippen LogP contribution is -2.60. The van der Waals surface area contributed by atoms with Crippen molar-refractivity contribution in [3.63, 3.8) is 0 Å². The van der Waals surface area contributed by atoms with E-state index in [0.29, 0.717) is 17.1 Å². The van der Waals surface area contributed by atoms with Gasteiger partial charge < -0.3 is 24.4 Å². The number of halogens is 1. The van der Waals surface area contributed by atoms with E-state index >= 15 is 0 Å². The van der Waals surface area contributed by atoms with Crippen LogP contribution < -0.4 is 4.90 Å². The molecule has 1 N–H and O–H groups in total. The molecule has 9 heteroatoms. The third kappa shape index (κ3) is 3.38. The minimum atomic E-state index is -1.41. The molecule has 6 atom stereocenters. The fourth-order valence-electron chi connectivity index (χ4n) is 6.40. The van der Waals surface area contributed by atoms with Gasteiger partial charge in [-0.05, 0) is 30.5 Å². The van der Waals surface area contributed by atoms with Gasteiger partial charge in [0.25, 0.3) is 5.91 Å². The van der Waals surface area contributed by atoms with Gasteiger partial charge in [0.05, 0.1) is 29.3 Å². The zero-order chi connectivity index (χ0) is 25.8. The first-order valence-corrected chi connectivity index (χ1v) is 12.8. The number of benzene rings is 1. The van der Waals surface area contributed by atoms with E-state index in [-0.39, 0.29) is 37.5 Å². The number of likely N-dealkylation sites (tertiary alicyclic amines) is 1. The standard InChI is InChI=1S/C27H31ClN2O6/c1-4-26-11-8-14-35-25(34)21(26)20-23(32)30(19(15-31)16(2)3)22-24(33)29(13-7-12-27(20,22)36-26)18-10-6-5-9-17(18)28/h5-12,16,19-22,31H,4,13-15H2,1-3H3/t19-,20-,21+,22?,26-,27-/m0/s1. The van der Waals surface area contributed by atoms with E-state index in [9.17, 15) is 19.5 Å². The predicted molar refractivity (Wildman–Crippen MR) is 133 cm³/mol. The number of para-hydroxylation sites is 1. The summed E-state index contributed by atoms with van der Waals surface area (Å²) < 4.78 is 12.3. The molecule has 0 bridgehead atoms. The predicted octanol–water partition coefficient (Wildman–Crippen LogP) is 2.73. The van der Waals surface area contributed by atoms with Crippen LogP contribution >= 0.6 is 11.6 Å². The number of nitrogens with zero attached hydrogens (tertiary/aromatic N) is 2. The molecule has 1 spiro atoms. The molecule has 5 rings (SSSR count). The van der Waals surface area contributed by atoms with E-state index < -0.39 is 41.1 Å². The molecule has 1 aromatic rings. The molecule has 0 aromatic heterocycles. The van der Waals surface area contributed by atoms with Crippen LogP contribution in [0.25, 0.3) is 0 Å². The number of carbonyl (C=O) groups is 3. The minimum Gasteiger partial charge on any atom is -0.461 e. The molecule has 0 saturated carbocycles. The summed E-state index contributed by atoms with van der Waals surface area (Å²) in [7, 11) is 0. The van der Waals surface area contributed by atoms with Crippen molar-refractivity contribution in [2.24, 2.45) is 17.8 Å². The van der Waals surface area contributed by atoms with Crippen molar-refractivity contribution in [3.05, 3.63) is 53.6 Å². The second kappa shape index (κ2) is 9.01. The summed E-state index contributed by atoms with van der Waals surface area (Å²) in [4.78, 5) is 45.0. The number of hydrogen-bond donors (Lipinski definition) is 1. The normalized spacial score (nSPS) is 34.3. The Kier molecular flexibility index (Phi) is 6.25. The second-order valence-electron chi connectivity index (χ2n) is 10.2. The maximum Gasteiger partial charge on any atom is 0.313 e. The first-order valence-electron chi connectivity index (χ1n) is 12.4. The fraction of sp³-hybridized carbons (Fsp3) is 0.519. The summed E-state index contributed by atoms with van der Waals surface area (Å²) in [5, 5.41) is 10.7. The maximum atomic E-state index is 14.4. The van der Waals surface area contributed by atoms with Crippen molar-refractivity contribution in [2.75, 3.05) is 24.7 Å². The summed E-state index contributed by atoms with van der Waals surface area (Å²) in [5.74, 6) is -3.33. The number of anilines is 1.